The van der Waals surface area contributed by atoms with Crippen molar-refractivity contribution in [1.29, 1.82) is 0 Å². The summed E-state index contributed by atoms with van der Waals surface area (Å²) in [4.78, 5) is 3.92. The van der Waals surface area contributed by atoms with Crippen molar-refractivity contribution in [3.63, 3.8) is 0 Å². The Hall–Kier alpha value is -7.72. The standard InChI is InChI=1S/C60H50N2S.C6H6.C2H6/c1-5-19-53(46(6-2)42-21-9-7-10-22-42)62(45-35-33-41(34-36-45)43-23-17-20-39(3)38-43)58-40(4)32-37-51-57(58)56-48-27-14-16-31-54(48)63-59(56)60(51)49-28-15-13-26-47(49)55-50(60)29-18-30-52(55)61-44-24-11-8-12-25-44;1-2-4-6-5-3-1;1-2/h5-7,9-11,13-16,18-19,21-38,61H,1,8,12,17,20H2,2-4H3;1-6H;1-2H3/b46-6-,53-19+;;. The lowest BCUT2D eigenvalue weighted by atomic mass is 9.73. The molecule has 8 aromatic rings. The molecule has 3 heteroatoms. The lowest BCUT2D eigenvalue weighted by Crippen LogP contribution is -2.26. The second-order valence-corrected chi connectivity index (χ2v) is 19.4. The molecule has 2 nitrogen and oxygen atoms in total. The molecule has 12 rings (SSSR count). The maximum atomic E-state index is 4.33. The minimum Gasteiger partial charge on any atom is -0.355 e. The largest absolute Gasteiger partial charge is 0.355 e. The van der Waals surface area contributed by atoms with E-state index < -0.39 is 5.41 Å². The van der Waals surface area contributed by atoms with E-state index in [9.17, 15) is 0 Å². The van der Waals surface area contributed by atoms with Crippen LogP contribution in [0, 0.1) is 6.92 Å². The predicted molar refractivity (Wildman–Crippen MR) is 309 cm³/mol. The molecular formula is C68H62N2S. The van der Waals surface area contributed by atoms with Gasteiger partial charge in [0, 0.05) is 54.3 Å². The van der Waals surface area contributed by atoms with E-state index in [2.05, 4.69) is 214 Å². The predicted octanol–water partition coefficient (Wildman–Crippen LogP) is 19.3. The molecule has 4 aliphatic carbocycles. The molecule has 1 N–H and O–H groups in total. The molecule has 1 atom stereocenters. The van der Waals surface area contributed by atoms with E-state index in [1.807, 2.05) is 67.7 Å². The zero-order valence-corrected chi connectivity index (χ0v) is 42.5. The van der Waals surface area contributed by atoms with Crippen LogP contribution in [0.15, 0.2) is 242 Å². The first-order valence-corrected chi connectivity index (χ1v) is 26.2. The number of fused-ring (bicyclic) bond motifs is 12. The van der Waals surface area contributed by atoms with Crippen LogP contribution in [0.5, 0.6) is 0 Å². The van der Waals surface area contributed by atoms with Crippen molar-refractivity contribution in [2.75, 3.05) is 10.2 Å². The lowest BCUT2D eigenvalue weighted by molar-refractivity contribution is 0.811. The molecule has 0 saturated carbocycles. The van der Waals surface area contributed by atoms with Gasteiger partial charge in [0.25, 0.3) is 0 Å². The minimum absolute atomic E-state index is 0.532. The number of allylic oxidation sites excluding steroid dienone is 11. The molecule has 1 heterocycles. The van der Waals surface area contributed by atoms with Gasteiger partial charge in [-0.05, 0) is 127 Å². The number of nitrogens with zero attached hydrogens (tertiary/aromatic N) is 1. The average Bonchev–Trinajstić information content (AvgIpc) is 4.06. The van der Waals surface area contributed by atoms with E-state index in [4.69, 9.17) is 0 Å². The van der Waals surface area contributed by atoms with Gasteiger partial charge >= 0.3 is 0 Å². The van der Waals surface area contributed by atoms with Crippen LogP contribution in [0.4, 0.5) is 17.1 Å². The number of hydrogen-bond donors (Lipinski definition) is 1. The third-order valence-electron chi connectivity index (χ3n) is 14.1. The Bertz CT molecular complexity index is 3420. The monoisotopic (exact) mass is 938 g/mol. The number of thiophene rings is 1. The molecule has 0 amide bonds. The minimum atomic E-state index is -0.532. The Morgan fingerprint density at radius 1 is 0.662 bits per heavy atom. The quantitative estimate of drug-likeness (QED) is 0.145. The maximum absolute atomic E-state index is 4.33. The Balaban J connectivity index is 0.000000671. The van der Waals surface area contributed by atoms with Gasteiger partial charge in [-0.2, -0.15) is 0 Å². The smallest absolute Gasteiger partial charge is 0.0821 e. The molecule has 0 radical (unpaired) electrons. The van der Waals surface area contributed by atoms with Crippen molar-refractivity contribution in [1.82, 2.24) is 0 Å². The van der Waals surface area contributed by atoms with Crippen molar-refractivity contribution in [3.05, 3.63) is 280 Å². The molecule has 1 aromatic heterocycles. The summed E-state index contributed by atoms with van der Waals surface area (Å²) in [6.07, 6.45) is 22.3. The van der Waals surface area contributed by atoms with Gasteiger partial charge in [-0.15, -0.1) is 11.3 Å². The average molecular weight is 939 g/mol. The van der Waals surface area contributed by atoms with Crippen molar-refractivity contribution in [3.8, 4) is 22.3 Å². The number of benzene rings is 7. The molecule has 350 valence electrons. The topological polar surface area (TPSA) is 15.3 Å². The number of aryl methyl sites for hydroxylation is 1. The summed E-state index contributed by atoms with van der Waals surface area (Å²) in [6, 6.07) is 62.1. The highest BCUT2D eigenvalue weighted by atomic mass is 32.1. The first kappa shape index (κ1) is 47.0. The molecular weight excluding hydrogens is 877 g/mol. The van der Waals surface area contributed by atoms with Gasteiger partial charge in [-0.25, -0.2) is 0 Å². The molecule has 71 heavy (non-hydrogen) atoms. The number of rotatable bonds is 9. The van der Waals surface area contributed by atoms with E-state index in [0.29, 0.717) is 0 Å². The van der Waals surface area contributed by atoms with Gasteiger partial charge in [-0.1, -0.05) is 208 Å². The molecule has 1 unspecified atom stereocenters. The van der Waals surface area contributed by atoms with E-state index in [1.54, 1.807) is 0 Å². The van der Waals surface area contributed by atoms with Crippen LogP contribution >= 0.6 is 11.3 Å². The van der Waals surface area contributed by atoms with E-state index in [-0.39, 0.29) is 0 Å². The van der Waals surface area contributed by atoms with Crippen LogP contribution < -0.4 is 10.2 Å². The summed E-state index contributed by atoms with van der Waals surface area (Å²) >= 11 is 1.96. The van der Waals surface area contributed by atoms with E-state index >= 15 is 0 Å². The second-order valence-electron chi connectivity index (χ2n) is 18.3. The number of anilines is 3. The SMILES string of the molecule is C=C/C=C(\C(=C/C)c1ccccc1)N(c1ccc(C2=CCCC(C)=C2)cc1)c1c(C)ccc2c1-c1c(sc3ccccc13)C21c2ccccc2-c2c(NC3=CCCC=C3)cccc21.CC.c1ccccc1. The Morgan fingerprint density at radius 3 is 2.07 bits per heavy atom. The van der Waals surface area contributed by atoms with Crippen LogP contribution in [-0.2, 0) is 5.41 Å². The fourth-order valence-corrected chi connectivity index (χ4v) is 12.6. The summed E-state index contributed by atoms with van der Waals surface area (Å²) in [5.41, 5.74) is 21.8. The molecule has 0 bridgehead atoms. The molecule has 1 spiro atoms. The number of nitrogens with one attached hydrogen (secondary N) is 1. The molecule has 7 aromatic carbocycles. The molecule has 0 aliphatic heterocycles. The summed E-state index contributed by atoms with van der Waals surface area (Å²) < 4.78 is 1.30. The third kappa shape index (κ3) is 8.39. The van der Waals surface area contributed by atoms with Gasteiger partial charge in [-0.3, -0.25) is 0 Å². The fraction of sp³-hybridized carbons (Fsp3) is 0.147. The third-order valence-corrected chi connectivity index (χ3v) is 15.4. The fourth-order valence-electron chi connectivity index (χ4n) is 11.2. The summed E-state index contributed by atoms with van der Waals surface area (Å²) in [5.74, 6) is 0. The Kier molecular flexibility index (Phi) is 13.7. The highest BCUT2D eigenvalue weighted by molar-refractivity contribution is 7.20. The van der Waals surface area contributed by atoms with Crippen molar-refractivity contribution in [2.45, 2.75) is 65.7 Å². The summed E-state index contributed by atoms with van der Waals surface area (Å²) in [5, 5.41) is 5.19. The van der Waals surface area contributed by atoms with E-state index in [1.165, 1.54) is 81.9 Å². The first-order chi connectivity index (χ1) is 35.0. The molecule has 4 aliphatic rings. The lowest BCUT2D eigenvalue weighted by Gasteiger charge is -2.34. The van der Waals surface area contributed by atoms with Crippen LogP contribution in [0.3, 0.4) is 0 Å². The maximum Gasteiger partial charge on any atom is 0.0821 e. The van der Waals surface area contributed by atoms with Gasteiger partial charge < -0.3 is 10.2 Å². The van der Waals surface area contributed by atoms with Gasteiger partial charge in [0.05, 0.1) is 16.8 Å². The molecule has 0 saturated heterocycles. The zero-order chi connectivity index (χ0) is 48.9. The van der Waals surface area contributed by atoms with Gasteiger partial charge in [0.1, 0.15) is 0 Å². The van der Waals surface area contributed by atoms with Crippen LogP contribution in [-0.4, -0.2) is 0 Å². The second kappa shape index (κ2) is 20.7. The Morgan fingerprint density at radius 2 is 1.35 bits per heavy atom. The number of hydrogen-bond acceptors (Lipinski definition) is 3. The Labute approximate surface area is 425 Å². The van der Waals surface area contributed by atoms with E-state index in [0.717, 1.165) is 59.6 Å². The van der Waals surface area contributed by atoms with Crippen LogP contribution in [0.25, 0.3) is 43.5 Å². The van der Waals surface area contributed by atoms with Crippen LogP contribution in [0.2, 0.25) is 0 Å². The summed E-state index contributed by atoms with van der Waals surface area (Å²) in [7, 11) is 0. The van der Waals surface area contributed by atoms with Crippen molar-refractivity contribution >= 4 is 49.6 Å². The van der Waals surface area contributed by atoms with Gasteiger partial charge in [0.15, 0.2) is 0 Å². The van der Waals surface area contributed by atoms with Gasteiger partial charge in [0.2, 0.25) is 0 Å². The molecule has 0 fully saturated rings. The van der Waals surface area contributed by atoms with Crippen LogP contribution in [0.1, 0.15) is 91.6 Å². The zero-order valence-electron chi connectivity index (χ0n) is 41.7. The normalized spacial score (nSPS) is 16.2. The highest BCUT2D eigenvalue weighted by Crippen LogP contribution is 2.69. The van der Waals surface area contributed by atoms with Crippen molar-refractivity contribution in [2.24, 2.45) is 0 Å². The summed E-state index contributed by atoms with van der Waals surface area (Å²) in [6.45, 7) is 15.0. The first-order valence-electron chi connectivity index (χ1n) is 25.4. The highest BCUT2D eigenvalue weighted by Gasteiger charge is 2.55. The van der Waals surface area contributed by atoms with Crippen molar-refractivity contribution < 1.29 is 0 Å².